The van der Waals surface area contributed by atoms with Crippen LogP contribution >= 0.6 is 0 Å². The molecule has 0 aliphatic carbocycles. The van der Waals surface area contributed by atoms with Gasteiger partial charge in [-0.3, -0.25) is 9.40 Å². The van der Waals surface area contributed by atoms with E-state index in [1.54, 1.807) is 28.9 Å². The van der Waals surface area contributed by atoms with Gasteiger partial charge in [0.25, 0.3) is 10.0 Å². The molecule has 18 heavy (non-hydrogen) atoms. The van der Waals surface area contributed by atoms with Gasteiger partial charge in [0.15, 0.2) is 0 Å². The molecule has 0 spiro atoms. The third kappa shape index (κ3) is 2.70. The van der Waals surface area contributed by atoms with Crippen LogP contribution in [0.4, 0.5) is 5.69 Å². The van der Waals surface area contributed by atoms with Crippen molar-refractivity contribution >= 4 is 15.7 Å². The molecule has 0 aliphatic heterocycles. The van der Waals surface area contributed by atoms with Gasteiger partial charge in [0, 0.05) is 17.9 Å². The smallest absolute Gasteiger partial charge is 0.265 e. The quantitative estimate of drug-likeness (QED) is 0.922. The predicted molar refractivity (Wildman–Crippen MR) is 69.9 cm³/mol. The van der Waals surface area contributed by atoms with E-state index < -0.39 is 10.0 Å². The van der Waals surface area contributed by atoms with Crippen LogP contribution in [0.1, 0.15) is 19.9 Å². The van der Waals surface area contributed by atoms with E-state index in [1.807, 2.05) is 19.9 Å². The highest BCUT2D eigenvalue weighted by atomic mass is 32.2. The largest absolute Gasteiger partial charge is 0.280 e. The second-order valence-corrected chi connectivity index (χ2v) is 5.90. The zero-order valence-corrected chi connectivity index (χ0v) is 11.1. The molecule has 0 radical (unpaired) electrons. The highest BCUT2D eigenvalue weighted by Gasteiger charge is 2.17. The molecule has 96 valence electrons. The third-order valence-corrected chi connectivity index (χ3v) is 3.78. The Hall–Kier alpha value is -1.82. The van der Waals surface area contributed by atoms with E-state index in [0.717, 1.165) is 0 Å². The van der Waals surface area contributed by atoms with E-state index in [2.05, 4.69) is 9.82 Å². The molecule has 0 saturated carbocycles. The van der Waals surface area contributed by atoms with Crippen molar-refractivity contribution in [3.8, 4) is 0 Å². The molecule has 0 saturated heterocycles. The summed E-state index contributed by atoms with van der Waals surface area (Å²) < 4.78 is 28.3. The first-order valence-electron chi connectivity index (χ1n) is 5.61. The Bertz CT molecular complexity index is 618. The summed E-state index contributed by atoms with van der Waals surface area (Å²) in [7, 11) is -3.56. The third-order valence-electron chi connectivity index (χ3n) is 2.44. The van der Waals surface area contributed by atoms with E-state index in [0.29, 0.717) is 5.69 Å². The van der Waals surface area contributed by atoms with Crippen LogP contribution in [-0.2, 0) is 10.0 Å². The van der Waals surface area contributed by atoms with E-state index in [9.17, 15) is 8.42 Å². The first-order valence-corrected chi connectivity index (χ1v) is 7.09. The first kappa shape index (κ1) is 12.6. The molecule has 5 nitrogen and oxygen atoms in total. The summed E-state index contributed by atoms with van der Waals surface area (Å²) in [5, 5.41) is 4.02. The van der Waals surface area contributed by atoms with Gasteiger partial charge in [-0.2, -0.15) is 5.10 Å². The lowest BCUT2D eigenvalue weighted by atomic mass is 10.3. The number of hydrogen-bond acceptors (Lipinski definition) is 3. The number of anilines is 1. The number of rotatable bonds is 4. The van der Waals surface area contributed by atoms with Gasteiger partial charge >= 0.3 is 0 Å². The summed E-state index contributed by atoms with van der Waals surface area (Å²) in [6.07, 6.45) is 2.88. The van der Waals surface area contributed by atoms with Crippen molar-refractivity contribution in [1.82, 2.24) is 9.78 Å². The molecular formula is C12H15N3O2S. The molecule has 6 heteroatoms. The molecule has 0 bridgehead atoms. The molecule has 1 aromatic carbocycles. The molecule has 1 N–H and O–H groups in total. The summed E-state index contributed by atoms with van der Waals surface area (Å²) >= 11 is 0. The van der Waals surface area contributed by atoms with Crippen molar-refractivity contribution in [1.29, 1.82) is 0 Å². The summed E-state index contributed by atoms with van der Waals surface area (Å²) in [5.74, 6) is 0. The summed E-state index contributed by atoms with van der Waals surface area (Å²) in [5.41, 5.74) is 0.537. The Labute approximate surface area is 107 Å². The zero-order chi connectivity index (χ0) is 13.2. The topological polar surface area (TPSA) is 64.0 Å². The van der Waals surface area contributed by atoms with Crippen molar-refractivity contribution < 1.29 is 8.42 Å². The normalized spacial score (nSPS) is 11.7. The molecule has 1 aromatic heterocycles. The second-order valence-electron chi connectivity index (χ2n) is 4.22. The molecule has 1 heterocycles. The van der Waals surface area contributed by atoms with Crippen LogP contribution in [0.2, 0.25) is 0 Å². The number of nitrogens with one attached hydrogen (secondary N) is 1. The SMILES string of the molecule is CC(C)n1cc(S(=O)(=O)Nc2ccccc2)cn1. The second kappa shape index (κ2) is 4.81. The molecule has 0 aliphatic rings. The lowest BCUT2D eigenvalue weighted by Gasteiger charge is -2.06. The average molecular weight is 265 g/mol. The van der Waals surface area contributed by atoms with E-state index >= 15 is 0 Å². The van der Waals surface area contributed by atoms with Crippen molar-refractivity contribution in [2.45, 2.75) is 24.8 Å². The first-order chi connectivity index (χ1) is 8.49. The maximum absolute atomic E-state index is 12.1. The monoisotopic (exact) mass is 265 g/mol. The molecular weight excluding hydrogens is 250 g/mol. The van der Waals surface area contributed by atoms with Gasteiger partial charge in [0.05, 0.1) is 6.20 Å². The van der Waals surface area contributed by atoms with Crippen LogP contribution in [0.5, 0.6) is 0 Å². The van der Waals surface area contributed by atoms with Gasteiger partial charge in [0.2, 0.25) is 0 Å². The minimum absolute atomic E-state index is 0.130. The highest BCUT2D eigenvalue weighted by molar-refractivity contribution is 7.92. The zero-order valence-electron chi connectivity index (χ0n) is 10.2. The minimum Gasteiger partial charge on any atom is -0.280 e. The van der Waals surface area contributed by atoms with E-state index in [1.165, 1.54) is 12.4 Å². The fraction of sp³-hybridized carbons (Fsp3) is 0.250. The number of hydrogen-bond donors (Lipinski definition) is 1. The Kier molecular flexibility index (Phi) is 3.38. The molecule has 2 aromatic rings. The van der Waals surface area contributed by atoms with Crippen molar-refractivity contribution in [2.75, 3.05) is 4.72 Å². The highest BCUT2D eigenvalue weighted by Crippen LogP contribution is 2.16. The lowest BCUT2D eigenvalue weighted by molar-refractivity contribution is 0.531. The van der Waals surface area contributed by atoms with Gasteiger partial charge in [-0.15, -0.1) is 0 Å². The van der Waals surface area contributed by atoms with Gasteiger partial charge < -0.3 is 0 Å². The summed E-state index contributed by atoms with van der Waals surface area (Å²) in [6.45, 7) is 3.88. The van der Waals surface area contributed by atoms with Crippen LogP contribution in [0.15, 0.2) is 47.6 Å². The Morgan fingerprint density at radius 2 is 1.89 bits per heavy atom. The van der Waals surface area contributed by atoms with Crippen molar-refractivity contribution in [3.63, 3.8) is 0 Å². The average Bonchev–Trinajstić information content (AvgIpc) is 2.79. The van der Waals surface area contributed by atoms with Crippen LogP contribution in [-0.4, -0.2) is 18.2 Å². The van der Waals surface area contributed by atoms with Gasteiger partial charge in [-0.1, -0.05) is 18.2 Å². The molecule has 0 fully saturated rings. The van der Waals surface area contributed by atoms with Crippen LogP contribution in [0.25, 0.3) is 0 Å². The van der Waals surface area contributed by atoms with Gasteiger partial charge in [-0.05, 0) is 26.0 Å². The number of sulfonamides is 1. The van der Waals surface area contributed by atoms with Crippen molar-refractivity contribution in [3.05, 3.63) is 42.7 Å². The van der Waals surface area contributed by atoms with Crippen LogP contribution in [0, 0.1) is 0 Å². The Morgan fingerprint density at radius 1 is 1.22 bits per heavy atom. The number of para-hydroxylation sites is 1. The number of nitrogens with zero attached hydrogens (tertiary/aromatic N) is 2. The number of aromatic nitrogens is 2. The Balaban J connectivity index is 2.25. The molecule has 0 atom stereocenters. The molecule has 2 rings (SSSR count). The van der Waals surface area contributed by atoms with Crippen molar-refractivity contribution in [2.24, 2.45) is 0 Å². The molecule has 0 unspecified atom stereocenters. The van der Waals surface area contributed by atoms with E-state index in [-0.39, 0.29) is 10.9 Å². The van der Waals surface area contributed by atoms with Crippen LogP contribution in [0.3, 0.4) is 0 Å². The van der Waals surface area contributed by atoms with Gasteiger partial charge in [-0.25, -0.2) is 8.42 Å². The molecule has 0 amide bonds. The maximum Gasteiger partial charge on any atom is 0.265 e. The standard InChI is InChI=1S/C12H15N3O2S/c1-10(2)15-9-12(8-13-15)18(16,17)14-11-6-4-3-5-7-11/h3-10,14H,1-2H3. The Morgan fingerprint density at radius 3 is 2.44 bits per heavy atom. The van der Waals surface area contributed by atoms with E-state index in [4.69, 9.17) is 0 Å². The fourth-order valence-electron chi connectivity index (χ4n) is 1.46. The minimum atomic E-state index is -3.56. The van der Waals surface area contributed by atoms with Crippen LogP contribution < -0.4 is 4.72 Å². The van der Waals surface area contributed by atoms with Gasteiger partial charge in [0.1, 0.15) is 4.90 Å². The number of benzene rings is 1. The maximum atomic E-state index is 12.1. The predicted octanol–water partition coefficient (Wildman–Crippen LogP) is 2.26. The summed E-state index contributed by atoms with van der Waals surface area (Å²) in [4.78, 5) is 0.167. The summed E-state index contributed by atoms with van der Waals surface area (Å²) in [6, 6.07) is 8.90. The lowest BCUT2D eigenvalue weighted by Crippen LogP contribution is -2.12. The fourth-order valence-corrected chi connectivity index (χ4v) is 2.46.